The number of carbonyl (C=O) groups excluding carboxylic acids is 1. The summed E-state index contributed by atoms with van der Waals surface area (Å²) in [6.07, 6.45) is 1.76. The molecule has 0 saturated carbocycles. The Hall–Kier alpha value is -2.90. The molecule has 1 aromatic carbocycles. The normalized spacial score (nSPS) is 16.7. The number of urea groups is 1. The van der Waals surface area contributed by atoms with Crippen molar-refractivity contribution >= 4 is 6.03 Å². The van der Waals surface area contributed by atoms with Gasteiger partial charge in [-0.25, -0.2) is 14.3 Å². The lowest BCUT2D eigenvalue weighted by Crippen LogP contribution is -2.44. The quantitative estimate of drug-likeness (QED) is 0.862. The van der Waals surface area contributed by atoms with Crippen molar-refractivity contribution in [2.24, 2.45) is 0 Å². The van der Waals surface area contributed by atoms with E-state index in [-0.39, 0.29) is 30.0 Å². The van der Waals surface area contributed by atoms with Crippen LogP contribution >= 0.6 is 0 Å². The number of hydrogen-bond acceptors (Lipinski definition) is 4. The molecule has 25 heavy (non-hydrogen) atoms. The van der Waals surface area contributed by atoms with Crippen LogP contribution in [0.1, 0.15) is 18.5 Å². The Bertz CT molecular complexity index is 758. The number of nitrogens with zero attached hydrogens (tertiary/aromatic N) is 2. The largest absolute Gasteiger partial charge is 0.491 e. The number of benzene rings is 1. The molecule has 2 N–H and O–H groups in total. The van der Waals surface area contributed by atoms with E-state index in [0.717, 1.165) is 12.8 Å². The van der Waals surface area contributed by atoms with Crippen molar-refractivity contribution in [3.05, 3.63) is 58.3 Å². The van der Waals surface area contributed by atoms with Gasteiger partial charge < -0.3 is 15.0 Å². The third-order valence-corrected chi connectivity index (χ3v) is 4.05. The third kappa shape index (κ3) is 4.56. The first kappa shape index (κ1) is 16.9. The fourth-order valence-electron chi connectivity index (χ4n) is 2.74. The summed E-state index contributed by atoms with van der Waals surface area (Å²) in [5, 5.41) is 8.97. The van der Waals surface area contributed by atoms with E-state index in [1.54, 1.807) is 23.1 Å². The van der Waals surface area contributed by atoms with Crippen LogP contribution in [0.4, 0.5) is 9.18 Å². The standard InChI is InChI=1S/C17H19FN4O3/c18-12-3-6-15(7-4-12)25-11-14-2-1-9-22(14)17(24)19-10-13-5-8-16(23)21-20-13/h3-8,14H,1-2,9-11H2,(H,19,24)(H,21,23)/t14-/m0/s1. The fourth-order valence-corrected chi connectivity index (χ4v) is 2.74. The minimum atomic E-state index is -0.315. The number of amides is 2. The van der Waals surface area contributed by atoms with Crippen LogP contribution in [0.2, 0.25) is 0 Å². The number of H-pyrrole nitrogens is 1. The summed E-state index contributed by atoms with van der Waals surface area (Å²) in [5.41, 5.74) is 0.291. The number of aromatic nitrogens is 2. The number of likely N-dealkylation sites (tertiary alicyclic amines) is 1. The van der Waals surface area contributed by atoms with Gasteiger partial charge in [-0.15, -0.1) is 0 Å². The third-order valence-electron chi connectivity index (χ3n) is 4.05. The van der Waals surface area contributed by atoms with Crippen molar-refractivity contribution in [1.29, 1.82) is 0 Å². The summed E-state index contributed by atoms with van der Waals surface area (Å²) in [6.45, 7) is 1.25. The van der Waals surface area contributed by atoms with Crippen LogP contribution in [0.5, 0.6) is 5.75 Å². The van der Waals surface area contributed by atoms with Crippen LogP contribution in [0.25, 0.3) is 0 Å². The second-order valence-corrected chi connectivity index (χ2v) is 5.83. The van der Waals surface area contributed by atoms with E-state index in [0.29, 0.717) is 24.6 Å². The molecule has 3 rings (SSSR count). The monoisotopic (exact) mass is 346 g/mol. The molecule has 0 unspecified atom stereocenters. The lowest BCUT2D eigenvalue weighted by molar-refractivity contribution is 0.165. The molecule has 132 valence electrons. The molecule has 1 atom stereocenters. The minimum Gasteiger partial charge on any atom is -0.491 e. The van der Waals surface area contributed by atoms with Gasteiger partial charge in [-0.2, -0.15) is 5.10 Å². The topological polar surface area (TPSA) is 87.3 Å². The summed E-state index contributed by atoms with van der Waals surface area (Å²) in [5.74, 6) is 0.260. The van der Waals surface area contributed by atoms with Crippen LogP contribution in [0.3, 0.4) is 0 Å². The average molecular weight is 346 g/mol. The first-order valence-corrected chi connectivity index (χ1v) is 8.09. The molecule has 8 heteroatoms. The highest BCUT2D eigenvalue weighted by Gasteiger charge is 2.29. The molecule has 1 fully saturated rings. The fraction of sp³-hybridized carbons (Fsp3) is 0.353. The smallest absolute Gasteiger partial charge is 0.318 e. The van der Waals surface area contributed by atoms with Crippen LogP contribution in [-0.4, -0.2) is 40.3 Å². The first-order valence-electron chi connectivity index (χ1n) is 8.09. The molecule has 0 radical (unpaired) electrons. The molecule has 1 aliphatic heterocycles. The van der Waals surface area contributed by atoms with Gasteiger partial charge in [-0.3, -0.25) is 4.79 Å². The Morgan fingerprint density at radius 1 is 1.32 bits per heavy atom. The maximum absolute atomic E-state index is 12.9. The van der Waals surface area contributed by atoms with Gasteiger partial charge in [0, 0.05) is 12.6 Å². The van der Waals surface area contributed by atoms with Crippen molar-refractivity contribution in [2.45, 2.75) is 25.4 Å². The summed E-state index contributed by atoms with van der Waals surface area (Å²) in [4.78, 5) is 25.1. The lowest BCUT2D eigenvalue weighted by atomic mass is 10.2. The summed E-state index contributed by atoms with van der Waals surface area (Å²) in [7, 11) is 0. The van der Waals surface area contributed by atoms with Crippen LogP contribution < -0.4 is 15.6 Å². The van der Waals surface area contributed by atoms with Gasteiger partial charge in [-0.05, 0) is 43.2 Å². The van der Waals surface area contributed by atoms with Crippen LogP contribution in [0, 0.1) is 5.82 Å². The maximum Gasteiger partial charge on any atom is 0.318 e. The van der Waals surface area contributed by atoms with Crippen molar-refractivity contribution in [2.75, 3.05) is 13.2 Å². The number of hydrogen-bond donors (Lipinski definition) is 2. The van der Waals surface area contributed by atoms with E-state index >= 15 is 0 Å². The van der Waals surface area contributed by atoms with E-state index in [2.05, 4.69) is 15.5 Å². The number of aromatic amines is 1. The van der Waals surface area contributed by atoms with Gasteiger partial charge in [0.05, 0.1) is 18.3 Å². The van der Waals surface area contributed by atoms with Gasteiger partial charge in [0.2, 0.25) is 0 Å². The first-order chi connectivity index (χ1) is 12.1. The predicted molar refractivity (Wildman–Crippen MR) is 88.7 cm³/mol. The molecule has 1 aliphatic rings. The number of nitrogens with one attached hydrogen (secondary N) is 2. The molecular weight excluding hydrogens is 327 g/mol. The van der Waals surface area contributed by atoms with E-state index < -0.39 is 0 Å². The average Bonchev–Trinajstić information content (AvgIpc) is 3.09. The molecule has 1 aromatic heterocycles. The van der Waals surface area contributed by atoms with Crippen molar-refractivity contribution in [3.8, 4) is 5.75 Å². The number of rotatable bonds is 5. The highest BCUT2D eigenvalue weighted by Crippen LogP contribution is 2.19. The van der Waals surface area contributed by atoms with E-state index in [9.17, 15) is 14.0 Å². The van der Waals surface area contributed by atoms with Crippen molar-refractivity contribution in [3.63, 3.8) is 0 Å². The zero-order valence-corrected chi connectivity index (χ0v) is 13.6. The number of halogens is 1. The van der Waals surface area contributed by atoms with E-state index in [4.69, 9.17) is 4.74 Å². The molecule has 0 spiro atoms. The molecule has 0 bridgehead atoms. The molecule has 1 saturated heterocycles. The zero-order chi connectivity index (χ0) is 17.6. The van der Waals surface area contributed by atoms with Crippen molar-refractivity contribution in [1.82, 2.24) is 20.4 Å². The van der Waals surface area contributed by atoms with Crippen molar-refractivity contribution < 1.29 is 13.9 Å². The van der Waals surface area contributed by atoms with Gasteiger partial charge >= 0.3 is 6.03 Å². The second-order valence-electron chi connectivity index (χ2n) is 5.83. The maximum atomic E-state index is 12.9. The predicted octanol–water partition coefficient (Wildman–Crippen LogP) is 1.66. The second kappa shape index (κ2) is 7.78. The SMILES string of the molecule is O=C(NCc1ccc(=O)[nH]n1)N1CCC[C@H]1COc1ccc(F)cc1. The van der Waals surface area contributed by atoms with E-state index in [1.165, 1.54) is 18.2 Å². The van der Waals surface area contributed by atoms with Crippen LogP contribution in [-0.2, 0) is 6.54 Å². The summed E-state index contributed by atoms with van der Waals surface area (Å²) in [6, 6.07) is 8.51. The Kier molecular flexibility index (Phi) is 5.27. The van der Waals surface area contributed by atoms with Gasteiger partial charge in [0.1, 0.15) is 18.2 Å². The Morgan fingerprint density at radius 3 is 2.84 bits per heavy atom. The highest BCUT2D eigenvalue weighted by atomic mass is 19.1. The van der Waals surface area contributed by atoms with Gasteiger partial charge in [-0.1, -0.05) is 0 Å². The number of carbonyl (C=O) groups is 1. The molecule has 0 aliphatic carbocycles. The van der Waals surface area contributed by atoms with Crippen LogP contribution in [0.15, 0.2) is 41.2 Å². The van der Waals surface area contributed by atoms with E-state index in [1.807, 2.05) is 0 Å². The minimum absolute atomic E-state index is 0.0337. The molecule has 7 nitrogen and oxygen atoms in total. The highest BCUT2D eigenvalue weighted by molar-refractivity contribution is 5.74. The zero-order valence-electron chi connectivity index (χ0n) is 13.6. The van der Waals surface area contributed by atoms with Gasteiger partial charge in [0.25, 0.3) is 5.56 Å². The molecular formula is C17H19FN4O3. The number of ether oxygens (including phenoxy) is 1. The Labute approximate surface area is 143 Å². The molecule has 2 amide bonds. The summed E-state index contributed by atoms with van der Waals surface area (Å²) < 4.78 is 18.6. The summed E-state index contributed by atoms with van der Waals surface area (Å²) >= 11 is 0. The Morgan fingerprint density at radius 2 is 2.12 bits per heavy atom. The molecule has 2 heterocycles. The molecule has 2 aromatic rings. The van der Waals surface area contributed by atoms with Gasteiger partial charge in [0.15, 0.2) is 0 Å². The lowest BCUT2D eigenvalue weighted by Gasteiger charge is -2.25. The Balaban J connectivity index is 1.51.